The first-order chi connectivity index (χ1) is 13.5. The molecule has 0 atom stereocenters. The maximum Gasteiger partial charge on any atom is 0.230 e. The number of carbonyl (C=O) groups excluding carboxylic acids is 1. The third kappa shape index (κ3) is 6.03. The van der Waals surface area contributed by atoms with Crippen LogP contribution >= 0.6 is 11.8 Å². The zero-order valence-corrected chi connectivity index (χ0v) is 17.4. The summed E-state index contributed by atoms with van der Waals surface area (Å²) in [5.74, 6) is 7.88. The predicted octanol–water partition coefficient (Wildman–Crippen LogP) is 1.70. The molecule has 0 saturated heterocycles. The number of rotatable bonds is 11. The summed E-state index contributed by atoms with van der Waals surface area (Å²) in [6.45, 7) is 5.15. The van der Waals surface area contributed by atoms with Gasteiger partial charge < -0.3 is 25.4 Å². The van der Waals surface area contributed by atoms with Crippen molar-refractivity contribution in [2.45, 2.75) is 31.5 Å². The Hall–Kier alpha value is -2.46. The minimum Gasteiger partial charge on any atom is -0.497 e. The highest BCUT2D eigenvalue weighted by molar-refractivity contribution is 7.99. The highest BCUT2D eigenvalue weighted by Gasteiger charge is 2.17. The van der Waals surface area contributed by atoms with Gasteiger partial charge in [0.1, 0.15) is 11.5 Å². The molecule has 0 spiro atoms. The number of nitrogens with two attached hydrogens (primary N) is 1. The maximum atomic E-state index is 12.0. The molecule has 1 amide bonds. The van der Waals surface area contributed by atoms with Crippen LogP contribution in [0, 0.1) is 0 Å². The van der Waals surface area contributed by atoms with Crippen molar-refractivity contribution in [3.63, 3.8) is 0 Å². The molecule has 0 bridgehead atoms. The van der Waals surface area contributed by atoms with Crippen LogP contribution in [0.3, 0.4) is 0 Å². The Bertz CT molecular complexity index is 781. The third-order valence-corrected chi connectivity index (χ3v) is 4.68. The highest BCUT2D eigenvalue weighted by Crippen LogP contribution is 2.32. The number of ether oxygens (including phenoxy) is 3. The molecule has 0 radical (unpaired) electrons. The number of hydrogen-bond acceptors (Lipinski definition) is 8. The summed E-state index contributed by atoms with van der Waals surface area (Å²) in [6, 6.07) is 5.33. The molecule has 2 rings (SSSR count). The molecular formula is C18H27N5O4S. The van der Waals surface area contributed by atoms with Gasteiger partial charge >= 0.3 is 0 Å². The van der Waals surface area contributed by atoms with Gasteiger partial charge in [0.25, 0.3) is 0 Å². The molecule has 1 aromatic heterocycles. The molecule has 0 fully saturated rings. The highest BCUT2D eigenvalue weighted by atomic mass is 32.2. The Labute approximate surface area is 168 Å². The lowest BCUT2D eigenvalue weighted by Crippen LogP contribution is -2.27. The molecule has 9 nitrogen and oxygen atoms in total. The molecule has 0 saturated carbocycles. The number of nitrogen functional groups attached to an aromatic ring is 1. The molecular weight excluding hydrogens is 382 g/mol. The van der Waals surface area contributed by atoms with Crippen molar-refractivity contribution in [3.8, 4) is 22.9 Å². The van der Waals surface area contributed by atoms with Gasteiger partial charge in [-0.1, -0.05) is 11.8 Å². The fourth-order valence-electron chi connectivity index (χ4n) is 2.34. The van der Waals surface area contributed by atoms with E-state index in [1.807, 2.05) is 13.8 Å². The van der Waals surface area contributed by atoms with E-state index in [1.165, 1.54) is 16.4 Å². The van der Waals surface area contributed by atoms with Crippen LogP contribution in [-0.2, 0) is 9.53 Å². The summed E-state index contributed by atoms with van der Waals surface area (Å²) in [7, 11) is 3.14. The van der Waals surface area contributed by atoms with Gasteiger partial charge in [0.15, 0.2) is 5.82 Å². The first-order valence-corrected chi connectivity index (χ1v) is 9.88. The second kappa shape index (κ2) is 10.8. The second-order valence-corrected chi connectivity index (χ2v) is 7.10. The Morgan fingerprint density at radius 3 is 2.75 bits per heavy atom. The fourth-order valence-corrected chi connectivity index (χ4v) is 3.03. The number of hydrogen-bond donors (Lipinski definition) is 2. The summed E-state index contributed by atoms with van der Waals surface area (Å²) in [6.07, 6.45) is 0.962. The van der Waals surface area contributed by atoms with Crippen LogP contribution < -0.4 is 20.6 Å². The van der Waals surface area contributed by atoms with Crippen molar-refractivity contribution in [2.24, 2.45) is 0 Å². The van der Waals surface area contributed by atoms with Gasteiger partial charge in [-0.05, 0) is 32.4 Å². The van der Waals surface area contributed by atoms with Crippen molar-refractivity contribution in [1.82, 2.24) is 20.2 Å². The first-order valence-electron chi connectivity index (χ1n) is 8.90. The van der Waals surface area contributed by atoms with Crippen LogP contribution in [0.15, 0.2) is 23.4 Å². The van der Waals surface area contributed by atoms with Gasteiger partial charge in [-0.2, -0.15) is 0 Å². The molecule has 0 unspecified atom stereocenters. The standard InChI is InChI=1S/C18H27N5O4S/c1-12(2)27-9-5-8-20-16(24)11-28-18-22-21-17(23(18)19)14-7-6-13(25-3)10-15(14)26-4/h6-7,10,12H,5,8-9,11,19H2,1-4H3,(H,20,24). The summed E-state index contributed by atoms with van der Waals surface area (Å²) < 4.78 is 17.4. The molecule has 2 aromatic rings. The SMILES string of the molecule is COc1ccc(-c2nnc(SCC(=O)NCCCOC(C)C)n2N)c(OC)c1. The number of amides is 1. The van der Waals surface area contributed by atoms with E-state index in [9.17, 15) is 4.79 Å². The zero-order valence-electron chi connectivity index (χ0n) is 16.6. The van der Waals surface area contributed by atoms with Crippen molar-refractivity contribution in [1.29, 1.82) is 0 Å². The summed E-state index contributed by atoms with van der Waals surface area (Å²) in [4.78, 5) is 12.0. The first kappa shape index (κ1) is 21.8. The smallest absolute Gasteiger partial charge is 0.230 e. The van der Waals surface area contributed by atoms with E-state index in [2.05, 4.69) is 15.5 Å². The molecule has 0 aliphatic rings. The van der Waals surface area contributed by atoms with Crippen molar-refractivity contribution < 1.29 is 19.0 Å². The monoisotopic (exact) mass is 409 g/mol. The largest absolute Gasteiger partial charge is 0.497 e. The van der Waals surface area contributed by atoms with Crippen LogP contribution in [-0.4, -0.2) is 60.0 Å². The maximum absolute atomic E-state index is 12.0. The van der Waals surface area contributed by atoms with Crippen molar-refractivity contribution >= 4 is 17.7 Å². The van der Waals surface area contributed by atoms with E-state index in [0.717, 1.165) is 6.42 Å². The van der Waals surface area contributed by atoms with E-state index >= 15 is 0 Å². The minimum atomic E-state index is -0.0962. The number of benzene rings is 1. The minimum absolute atomic E-state index is 0.0962. The summed E-state index contributed by atoms with van der Waals surface area (Å²) >= 11 is 1.22. The average molecular weight is 410 g/mol. The molecule has 28 heavy (non-hydrogen) atoms. The Balaban J connectivity index is 1.92. The Morgan fingerprint density at radius 2 is 2.07 bits per heavy atom. The number of methoxy groups -OCH3 is 2. The molecule has 154 valence electrons. The summed E-state index contributed by atoms with van der Waals surface area (Å²) in [5.41, 5.74) is 0.680. The van der Waals surface area contributed by atoms with Crippen LogP contribution in [0.1, 0.15) is 20.3 Å². The number of nitrogens with one attached hydrogen (secondary N) is 1. The van der Waals surface area contributed by atoms with Crippen molar-refractivity contribution in [2.75, 3.05) is 39.0 Å². The normalized spacial score (nSPS) is 10.9. The second-order valence-electron chi connectivity index (χ2n) is 6.15. The van der Waals surface area contributed by atoms with E-state index < -0.39 is 0 Å². The zero-order chi connectivity index (χ0) is 20.5. The number of thioether (sulfide) groups is 1. The number of carbonyl (C=O) groups is 1. The number of aromatic nitrogens is 3. The van der Waals surface area contributed by atoms with Crippen LogP contribution in [0.2, 0.25) is 0 Å². The lowest BCUT2D eigenvalue weighted by atomic mass is 10.2. The molecule has 10 heteroatoms. The van der Waals surface area contributed by atoms with E-state index in [1.54, 1.807) is 32.4 Å². The van der Waals surface area contributed by atoms with Gasteiger partial charge in [0.05, 0.1) is 31.6 Å². The van der Waals surface area contributed by atoms with Crippen LogP contribution in [0.25, 0.3) is 11.4 Å². The van der Waals surface area contributed by atoms with Gasteiger partial charge in [0, 0.05) is 19.2 Å². The average Bonchev–Trinajstić information content (AvgIpc) is 3.05. The quantitative estimate of drug-likeness (QED) is 0.327. The molecule has 1 aromatic carbocycles. The van der Waals surface area contributed by atoms with E-state index in [0.29, 0.717) is 41.2 Å². The predicted molar refractivity (Wildman–Crippen MR) is 108 cm³/mol. The van der Waals surface area contributed by atoms with Crippen LogP contribution in [0.5, 0.6) is 11.5 Å². The lowest BCUT2D eigenvalue weighted by Gasteiger charge is -2.10. The van der Waals surface area contributed by atoms with Gasteiger partial charge in [-0.15, -0.1) is 10.2 Å². The molecule has 0 aliphatic heterocycles. The fraction of sp³-hybridized carbons (Fsp3) is 0.500. The van der Waals surface area contributed by atoms with E-state index in [4.69, 9.17) is 20.1 Å². The van der Waals surface area contributed by atoms with Crippen LogP contribution in [0.4, 0.5) is 0 Å². The Kier molecular flexibility index (Phi) is 8.40. The molecule has 3 N–H and O–H groups in total. The number of nitrogens with zero attached hydrogens (tertiary/aromatic N) is 3. The Morgan fingerprint density at radius 1 is 1.29 bits per heavy atom. The van der Waals surface area contributed by atoms with Gasteiger partial charge in [0.2, 0.25) is 11.1 Å². The van der Waals surface area contributed by atoms with Gasteiger partial charge in [-0.25, -0.2) is 4.68 Å². The lowest BCUT2D eigenvalue weighted by molar-refractivity contribution is -0.118. The summed E-state index contributed by atoms with van der Waals surface area (Å²) in [5, 5.41) is 11.5. The molecule has 0 aliphatic carbocycles. The van der Waals surface area contributed by atoms with Crippen molar-refractivity contribution in [3.05, 3.63) is 18.2 Å². The molecule has 1 heterocycles. The van der Waals surface area contributed by atoms with Gasteiger partial charge in [-0.3, -0.25) is 4.79 Å². The third-order valence-electron chi connectivity index (χ3n) is 3.74. The topological polar surface area (TPSA) is 114 Å². The van der Waals surface area contributed by atoms with E-state index in [-0.39, 0.29) is 17.8 Å².